The van der Waals surface area contributed by atoms with E-state index in [4.69, 9.17) is 0 Å². The maximum Gasteiger partial charge on any atom is 0.257 e. The minimum absolute atomic E-state index is 0.00606. The van der Waals surface area contributed by atoms with Gasteiger partial charge in [-0.2, -0.15) is 5.10 Å². The molecule has 0 aliphatic carbocycles. The number of piperidine rings is 1. The van der Waals surface area contributed by atoms with Crippen LogP contribution < -0.4 is 0 Å². The molecule has 1 aliphatic heterocycles. The van der Waals surface area contributed by atoms with Gasteiger partial charge in [0.25, 0.3) is 5.91 Å². The van der Waals surface area contributed by atoms with E-state index in [0.717, 1.165) is 24.2 Å². The lowest BCUT2D eigenvalue weighted by Crippen LogP contribution is -2.46. The van der Waals surface area contributed by atoms with Gasteiger partial charge in [-0.05, 0) is 44.7 Å². The summed E-state index contributed by atoms with van der Waals surface area (Å²) in [5, 5.41) is 13.8. The first kappa shape index (κ1) is 15.7. The highest BCUT2D eigenvalue weighted by Crippen LogP contribution is 2.24. The van der Waals surface area contributed by atoms with Crippen molar-refractivity contribution in [2.24, 2.45) is 5.92 Å². The molecule has 2 aromatic heterocycles. The second-order valence-corrected chi connectivity index (χ2v) is 6.19. The van der Waals surface area contributed by atoms with E-state index in [9.17, 15) is 9.90 Å². The molecule has 1 fully saturated rings. The van der Waals surface area contributed by atoms with E-state index in [1.165, 1.54) is 0 Å². The number of rotatable bonds is 3. The molecule has 0 bridgehead atoms. The molecular formula is C17H22N4O2. The van der Waals surface area contributed by atoms with E-state index in [1.54, 1.807) is 23.3 Å². The minimum Gasteiger partial charge on any atom is -0.396 e. The Labute approximate surface area is 135 Å². The third-order valence-corrected chi connectivity index (χ3v) is 4.65. The zero-order chi connectivity index (χ0) is 16.4. The third kappa shape index (κ3) is 2.99. The van der Waals surface area contributed by atoms with Gasteiger partial charge in [0.15, 0.2) is 0 Å². The maximum absolute atomic E-state index is 12.9. The van der Waals surface area contributed by atoms with Crippen LogP contribution >= 0.6 is 0 Å². The van der Waals surface area contributed by atoms with E-state index in [1.807, 2.05) is 24.0 Å². The molecule has 1 saturated heterocycles. The van der Waals surface area contributed by atoms with Crippen LogP contribution in [0.15, 0.2) is 30.7 Å². The first-order valence-electron chi connectivity index (χ1n) is 7.98. The molecule has 6 nitrogen and oxygen atoms in total. The van der Waals surface area contributed by atoms with Gasteiger partial charge in [-0.1, -0.05) is 0 Å². The highest BCUT2D eigenvalue weighted by atomic mass is 16.3. The second kappa shape index (κ2) is 6.50. The zero-order valence-electron chi connectivity index (χ0n) is 13.5. The summed E-state index contributed by atoms with van der Waals surface area (Å²) in [6, 6.07) is 3.91. The average molecular weight is 314 g/mol. The molecule has 3 rings (SSSR count). The van der Waals surface area contributed by atoms with Gasteiger partial charge in [0, 0.05) is 31.6 Å². The zero-order valence-corrected chi connectivity index (χ0v) is 13.5. The van der Waals surface area contributed by atoms with Crippen molar-refractivity contribution in [2.75, 3.05) is 13.2 Å². The molecule has 0 spiro atoms. The number of pyridine rings is 1. The lowest BCUT2D eigenvalue weighted by molar-refractivity contribution is 0.0488. The van der Waals surface area contributed by atoms with Crippen LogP contribution in [0.4, 0.5) is 0 Å². The molecule has 6 heteroatoms. The summed E-state index contributed by atoms with van der Waals surface area (Å²) >= 11 is 0. The van der Waals surface area contributed by atoms with Gasteiger partial charge >= 0.3 is 0 Å². The van der Waals surface area contributed by atoms with Crippen molar-refractivity contribution in [3.8, 4) is 5.69 Å². The molecule has 0 saturated carbocycles. The number of hydrogen-bond donors (Lipinski definition) is 1. The van der Waals surface area contributed by atoms with Gasteiger partial charge in [-0.15, -0.1) is 0 Å². The normalized spacial score (nSPS) is 21.4. The maximum atomic E-state index is 12.9. The Kier molecular flexibility index (Phi) is 4.43. The summed E-state index contributed by atoms with van der Waals surface area (Å²) in [6.45, 7) is 4.70. The summed E-state index contributed by atoms with van der Waals surface area (Å²) in [7, 11) is 0. The van der Waals surface area contributed by atoms with Crippen molar-refractivity contribution in [3.05, 3.63) is 42.0 Å². The molecular weight excluding hydrogens is 292 g/mol. The van der Waals surface area contributed by atoms with E-state index in [0.29, 0.717) is 12.1 Å². The van der Waals surface area contributed by atoms with Crippen molar-refractivity contribution >= 4 is 5.91 Å². The number of carbonyl (C=O) groups excluding carboxylic acids is 1. The fourth-order valence-electron chi connectivity index (χ4n) is 3.13. The largest absolute Gasteiger partial charge is 0.396 e. The lowest BCUT2D eigenvalue weighted by Gasteiger charge is -2.37. The SMILES string of the molecule is Cc1c(C(=O)N2CC(CO)CCC2C)cnn1-c1ccncc1. The molecule has 2 aromatic rings. The van der Waals surface area contributed by atoms with Crippen LogP contribution in [0.2, 0.25) is 0 Å². The van der Waals surface area contributed by atoms with Crippen LogP contribution in [-0.4, -0.2) is 49.9 Å². The van der Waals surface area contributed by atoms with Crippen molar-refractivity contribution < 1.29 is 9.90 Å². The number of carbonyl (C=O) groups is 1. The van der Waals surface area contributed by atoms with E-state index in [2.05, 4.69) is 17.0 Å². The number of likely N-dealkylation sites (tertiary alicyclic amines) is 1. The van der Waals surface area contributed by atoms with Gasteiger partial charge in [0.1, 0.15) is 0 Å². The third-order valence-electron chi connectivity index (χ3n) is 4.65. The molecule has 122 valence electrons. The summed E-state index contributed by atoms with van der Waals surface area (Å²) < 4.78 is 1.76. The van der Waals surface area contributed by atoms with Crippen LogP contribution in [0.5, 0.6) is 0 Å². The van der Waals surface area contributed by atoms with Gasteiger partial charge in [-0.25, -0.2) is 4.68 Å². The molecule has 3 heterocycles. The first-order valence-corrected chi connectivity index (χ1v) is 7.98. The van der Waals surface area contributed by atoms with Crippen LogP contribution in [-0.2, 0) is 0 Å². The second-order valence-electron chi connectivity index (χ2n) is 6.19. The van der Waals surface area contributed by atoms with Crippen LogP contribution in [0.1, 0.15) is 35.8 Å². The molecule has 2 atom stereocenters. The number of hydrogen-bond acceptors (Lipinski definition) is 4. The number of aromatic nitrogens is 3. The smallest absolute Gasteiger partial charge is 0.257 e. The van der Waals surface area contributed by atoms with Gasteiger partial charge in [0.2, 0.25) is 0 Å². The average Bonchev–Trinajstić information content (AvgIpc) is 2.97. The fraction of sp³-hybridized carbons (Fsp3) is 0.471. The van der Waals surface area contributed by atoms with Crippen LogP contribution in [0.3, 0.4) is 0 Å². The van der Waals surface area contributed by atoms with Crippen LogP contribution in [0.25, 0.3) is 5.69 Å². The van der Waals surface area contributed by atoms with Gasteiger partial charge in [-0.3, -0.25) is 9.78 Å². The number of aliphatic hydroxyl groups is 1. The molecule has 1 N–H and O–H groups in total. The van der Waals surface area contributed by atoms with Crippen LogP contribution in [0, 0.1) is 12.8 Å². The molecule has 0 radical (unpaired) electrons. The highest BCUT2D eigenvalue weighted by molar-refractivity contribution is 5.95. The van der Waals surface area contributed by atoms with Crippen molar-refractivity contribution in [3.63, 3.8) is 0 Å². The Morgan fingerprint density at radius 2 is 2.09 bits per heavy atom. The summed E-state index contributed by atoms with van der Waals surface area (Å²) in [6.07, 6.45) is 6.94. The predicted octanol–water partition coefficient (Wildman–Crippen LogP) is 1.81. The molecule has 2 unspecified atom stereocenters. The molecule has 1 aliphatic rings. The van der Waals surface area contributed by atoms with Gasteiger partial charge < -0.3 is 10.0 Å². The highest BCUT2D eigenvalue weighted by Gasteiger charge is 2.30. The Morgan fingerprint density at radius 3 is 2.78 bits per heavy atom. The van der Waals surface area contributed by atoms with E-state index < -0.39 is 0 Å². The Balaban J connectivity index is 1.87. The molecule has 0 aromatic carbocycles. The molecule has 1 amide bonds. The predicted molar refractivity (Wildman–Crippen MR) is 86.4 cm³/mol. The summed E-state index contributed by atoms with van der Waals surface area (Å²) in [5.74, 6) is 0.166. The van der Waals surface area contributed by atoms with Gasteiger partial charge in [0.05, 0.1) is 23.1 Å². The monoisotopic (exact) mass is 314 g/mol. The van der Waals surface area contributed by atoms with Crippen molar-refractivity contribution in [1.29, 1.82) is 0 Å². The quantitative estimate of drug-likeness (QED) is 0.938. The Hall–Kier alpha value is -2.21. The number of amides is 1. The summed E-state index contributed by atoms with van der Waals surface area (Å²) in [5.41, 5.74) is 2.32. The van der Waals surface area contributed by atoms with Crippen molar-refractivity contribution in [1.82, 2.24) is 19.7 Å². The lowest BCUT2D eigenvalue weighted by atomic mass is 9.93. The number of nitrogens with zero attached hydrogens (tertiary/aromatic N) is 4. The Morgan fingerprint density at radius 1 is 1.35 bits per heavy atom. The fourth-order valence-corrected chi connectivity index (χ4v) is 3.13. The first-order chi connectivity index (χ1) is 11.1. The van der Waals surface area contributed by atoms with Crippen molar-refractivity contribution in [2.45, 2.75) is 32.7 Å². The number of aliphatic hydroxyl groups excluding tert-OH is 1. The molecule has 23 heavy (non-hydrogen) atoms. The standard InChI is InChI=1S/C17H22N4O2/c1-12-3-4-14(11-22)10-20(12)17(23)16-9-19-21(13(16)2)15-5-7-18-8-6-15/h5-9,12,14,22H,3-4,10-11H2,1-2H3. The van der Waals surface area contributed by atoms with E-state index in [-0.39, 0.29) is 24.5 Å². The topological polar surface area (TPSA) is 71.2 Å². The Bertz CT molecular complexity index is 683. The van der Waals surface area contributed by atoms with E-state index >= 15 is 0 Å². The minimum atomic E-state index is -0.00606. The summed E-state index contributed by atoms with van der Waals surface area (Å²) in [4.78, 5) is 18.8.